The number of aryl methyl sites for hydroxylation is 1. The molecule has 1 aromatic rings. The first kappa shape index (κ1) is 7.40. The molecule has 0 saturated carbocycles. The van der Waals surface area contributed by atoms with E-state index in [-0.39, 0.29) is 5.91 Å². The van der Waals surface area contributed by atoms with Crippen LogP contribution < -0.4 is 5.32 Å². The lowest BCUT2D eigenvalue weighted by molar-refractivity contribution is 0.0962. The van der Waals surface area contributed by atoms with E-state index in [1.165, 1.54) is 17.7 Å². The summed E-state index contributed by atoms with van der Waals surface area (Å²) in [6.07, 6.45) is 5.11. The summed E-state index contributed by atoms with van der Waals surface area (Å²) < 4.78 is 0. The predicted octanol–water partition coefficient (Wildman–Crippen LogP) is 0.863. The summed E-state index contributed by atoms with van der Waals surface area (Å²) in [6, 6.07) is 0. The topological polar surface area (TPSA) is 44.9 Å². The van der Waals surface area contributed by atoms with Gasteiger partial charge in [-0.05, 0) is 24.8 Å². The maximum Gasteiger partial charge on any atom is 0.252 e. The summed E-state index contributed by atoms with van der Waals surface area (Å²) in [5.74, 6) is 0.0226. The van der Waals surface area contributed by atoms with Gasteiger partial charge in [-0.15, -0.1) is 0 Å². The molecule has 2 rings (SSSR count). The SMILES string of the molecule is CNC(=O)c1c[nH]c2c1CCC2. The van der Waals surface area contributed by atoms with E-state index in [9.17, 15) is 4.79 Å². The quantitative estimate of drug-likeness (QED) is 0.635. The van der Waals surface area contributed by atoms with E-state index in [1.807, 2.05) is 6.20 Å². The van der Waals surface area contributed by atoms with Gasteiger partial charge in [0.15, 0.2) is 0 Å². The van der Waals surface area contributed by atoms with Crippen molar-refractivity contribution in [1.29, 1.82) is 0 Å². The van der Waals surface area contributed by atoms with Crippen molar-refractivity contribution in [2.75, 3.05) is 7.05 Å². The minimum Gasteiger partial charge on any atom is -0.364 e. The molecule has 1 amide bonds. The van der Waals surface area contributed by atoms with Crippen LogP contribution in [0, 0.1) is 0 Å². The van der Waals surface area contributed by atoms with Crippen LogP contribution in [-0.2, 0) is 12.8 Å². The Balaban J connectivity index is 2.39. The van der Waals surface area contributed by atoms with Crippen molar-refractivity contribution in [2.45, 2.75) is 19.3 Å². The summed E-state index contributed by atoms with van der Waals surface area (Å²) in [4.78, 5) is 14.4. The Morgan fingerprint density at radius 2 is 2.42 bits per heavy atom. The molecular weight excluding hydrogens is 152 g/mol. The maximum atomic E-state index is 11.3. The third-order valence-corrected chi connectivity index (χ3v) is 2.41. The second-order valence-electron chi connectivity index (χ2n) is 3.09. The predicted molar refractivity (Wildman–Crippen MR) is 46.2 cm³/mol. The van der Waals surface area contributed by atoms with Gasteiger partial charge in [0.2, 0.25) is 0 Å². The lowest BCUT2D eigenvalue weighted by Crippen LogP contribution is -2.18. The van der Waals surface area contributed by atoms with Gasteiger partial charge < -0.3 is 10.3 Å². The van der Waals surface area contributed by atoms with Crippen LogP contribution in [0.25, 0.3) is 0 Å². The molecule has 1 aromatic heterocycles. The van der Waals surface area contributed by atoms with Gasteiger partial charge in [-0.1, -0.05) is 0 Å². The first-order chi connectivity index (χ1) is 5.83. The van der Waals surface area contributed by atoms with Gasteiger partial charge in [0.05, 0.1) is 5.56 Å². The third kappa shape index (κ3) is 0.932. The van der Waals surface area contributed by atoms with Gasteiger partial charge in [0.25, 0.3) is 5.91 Å². The van der Waals surface area contributed by atoms with Crippen molar-refractivity contribution in [1.82, 2.24) is 10.3 Å². The van der Waals surface area contributed by atoms with Crippen molar-refractivity contribution >= 4 is 5.91 Å². The Morgan fingerprint density at radius 1 is 1.58 bits per heavy atom. The van der Waals surface area contributed by atoms with Crippen LogP contribution in [0.15, 0.2) is 6.20 Å². The van der Waals surface area contributed by atoms with Crippen molar-refractivity contribution in [3.05, 3.63) is 23.0 Å². The summed E-state index contributed by atoms with van der Waals surface area (Å²) in [5.41, 5.74) is 3.29. The first-order valence-electron chi connectivity index (χ1n) is 4.24. The van der Waals surface area contributed by atoms with E-state index in [2.05, 4.69) is 10.3 Å². The largest absolute Gasteiger partial charge is 0.364 e. The highest BCUT2D eigenvalue weighted by atomic mass is 16.1. The number of H-pyrrole nitrogens is 1. The van der Waals surface area contributed by atoms with Crippen LogP contribution in [0.5, 0.6) is 0 Å². The molecule has 0 radical (unpaired) electrons. The zero-order chi connectivity index (χ0) is 8.55. The highest BCUT2D eigenvalue weighted by molar-refractivity contribution is 5.95. The smallest absolute Gasteiger partial charge is 0.252 e. The standard InChI is InChI=1S/C9H12N2O/c1-10-9(12)7-5-11-8-4-2-3-6(7)8/h5,11H,2-4H2,1H3,(H,10,12). The molecule has 1 heterocycles. The number of amides is 1. The average Bonchev–Trinajstić information content (AvgIpc) is 2.62. The van der Waals surface area contributed by atoms with Crippen LogP contribution in [0.2, 0.25) is 0 Å². The van der Waals surface area contributed by atoms with E-state index < -0.39 is 0 Å². The van der Waals surface area contributed by atoms with Gasteiger partial charge in [0, 0.05) is 18.9 Å². The zero-order valence-corrected chi connectivity index (χ0v) is 7.11. The molecule has 2 N–H and O–H groups in total. The zero-order valence-electron chi connectivity index (χ0n) is 7.11. The lowest BCUT2D eigenvalue weighted by Gasteiger charge is -1.97. The van der Waals surface area contributed by atoms with Gasteiger partial charge >= 0.3 is 0 Å². The van der Waals surface area contributed by atoms with Crippen molar-refractivity contribution in [3.8, 4) is 0 Å². The molecule has 0 saturated heterocycles. The molecule has 0 bridgehead atoms. The molecule has 0 aliphatic heterocycles. The molecule has 1 aliphatic carbocycles. The number of fused-ring (bicyclic) bond motifs is 1. The average molecular weight is 164 g/mol. The fourth-order valence-corrected chi connectivity index (χ4v) is 1.78. The molecular formula is C9H12N2O. The maximum absolute atomic E-state index is 11.3. The molecule has 0 atom stereocenters. The minimum absolute atomic E-state index is 0.0226. The summed E-state index contributed by atoms with van der Waals surface area (Å²) in [7, 11) is 1.66. The molecule has 64 valence electrons. The number of nitrogens with one attached hydrogen (secondary N) is 2. The molecule has 1 aliphatic rings. The highest BCUT2D eigenvalue weighted by Gasteiger charge is 2.19. The molecule has 0 fully saturated rings. The van der Waals surface area contributed by atoms with Gasteiger partial charge in [0.1, 0.15) is 0 Å². The van der Waals surface area contributed by atoms with Crippen molar-refractivity contribution in [2.24, 2.45) is 0 Å². The van der Waals surface area contributed by atoms with Crippen molar-refractivity contribution in [3.63, 3.8) is 0 Å². The Morgan fingerprint density at radius 3 is 3.17 bits per heavy atom. The van der Waals surface area contributed by atoms with E-state index >= 15 is 0 Å². The molecule has 0 unspecified atom stereocenters. The number of carbonyl (C=O) groups excluding carboxylic acids is 1. The van der Waals surface area contributed by atoms with Gasteiger partial charge in [-0.2, -0.15) is 0 Å². The van der Waals surface area contributed by atoms with Crippen LogP contribution >= 0.6 is 0 Å². The Hall–Kier alpha value is -1.25. The Labute approximate surface area is 71.2 Å². The monoisotopic (exact) mass is 164 g/mol. The number of rotatable bonds is 1. The summed E-state index contributed by atoms with van der Waals surface area (Å²) in [6.45, 7) is 0. The summed E-state index contributed by atoms with van der Waals surface area (Å²) in [5, 5.41) is 2.64. The first-order valence-corrected chi connectivity index (χ1v) is 4.24. The van der Waals surface area contributed by atoms with E-state index in [4.69, 9.17) is 0 Å². The fraction of sp³-hybridized carbons (Fsp3) is 0.444. The number of hydrogen-bond donors (Lipinski definition) is 2. The van der Waals surface area contributed by atoms with Gasteiger partial charge in [-0.25, -0.2) is 0 Å². The van der Waals surface area contributed by atoms with Gasteiger partial charge in [-0.3, -0.25) is 4.79 Å². The normalized spacial score (nSPS) is 14.4. The molecule has 12 heavy (non-hydrogen) atoms. The molecule has 0 spiro atoms. The van der Waals surface area contributed by atoms with Crippen LogP contribution in [0.3, 0.4) is 0 Å². The summed E-state index contributed by atoms with van der Waals surface area (Å²) >= 11 is 0. The molecule has 0 aromatic carbocycles. The molecule has 3 nitrogen and oxygen atoms in total. The second-order valence-corrected chi connectivity index (χ2v) is 3.09. The molecule has 3 heteroatoms. The number of aromatic amines is 1. The Kier molecular flexibility index (Phi) is 1.64. The van der Waals surface area contributed by atoms with E-state index in [1.54, 1.807) is 7.05 Å². The van der Waals surface area contributed by atoms with E-state index in [0.717, 1.165) is 18.4 Å². The fourth-order valence-electron chi connectivity index (χ4n) is 1.78. The number of carbonyl (C=O) groups is 1. The lowest BCUT2D eigenvalue weighted by atomic mass is 10.1. The number of hydrogen-bond acceptors (Lipinski definition) is 1. The van der Waals surface area contributed by atoms with Crippen LogP contribution in [0.4, 0.5) is 0 Å². The minimum atomic E-state index is 0.0226. The second kappa shape index (κ2) is 2.66. The number of aromatic nitrogens is 1. The van der Waals surface area contributed by atoms with Crippen molar-refractivity contribution < 1.29 is 4.79 Å². The van der Waals surface area contributed by atoms with E-state index in [0.29, 0.717) is 0 Å². The van der Waals surface area contributed by atoms with Crippen LogP contribution in [-0.4, -0.2) is 17.9 Å². The Bertz CT molecular complexity index is 314. The van der Waals surface area contributed by atoms with Crippen LogP contribution in [0.1, 0.15) is 28.0 Å². The highest BCUT2D eigenvalue weighted by Crippen LogP contribution is 2.24. The third-order valence-electron chi connectivity index (χ3n) is 2.41.